The number of piperidine rings is 1. The molecule has 118 valence electrons. The monoisotopic (exact) mass is 323 g/mol. The number of nitrogens with one attached hydrogen (secondary N) is 2. The summed E-state index contributed by atoms with van der Waals surface area (Å²) in [7, 11) is 0. The van der Waals surface area contributed by atoms with Gasteiger partial charge in [0.1, 0.15) is 12.3 Å². The molecule has 2 atom stereocenters. The van der Waals surface area contributed by atoms with Crippen LogP contribution in [0.25, 0.3) is 0 Å². The summed E-state index contributed by atoms with van der Waals surface area (Å²) >= 11 is 5.65. The van der Waals surface area contributed by atoms with Crippen molar-refractivity contribution in [3.63, 3.8) is 0 Å². The van der Waals surface area contributed by atoms with Crippen LogP contribution >= 0.6 is 11.6 Å². The molecule has 0 spiro atoms. The first kappa shape index (κ1) is 15.1. The van der Waals surface area contributed by atoms with Crippen LogP contribution in [0.15, 0.2) is 18.2 Å². The number of hydrogen-bond acceptors (Lipinski definition) is 4. The van der Waals surface area contributed by atoms with Crippen LogP contribution in [-0.2, 0) is 11.3 Å². The van der Waals surface area contributed by atoms with Crippen molar-refractivity contribution < 1.29 is 14.7 Å². The highest BCUT2D eigenvalue weighted by Gasteiger charge is 2.38. The van der Waals surface area contributed by atoms with E-state index in [0.29, 0.717) is 37.4 Å². The maximum atomic E-state index is 12.5. The summed E-state index contributed by atoms with van der Waals surface area (Å²) in [4.78, 5) is 26.1. The van der Waals surface area contributed by atoms with Gasteiger partial charge in [-0.3, -0.25) is 9.59 Å². The van der Waals surface area contributed by atoms with Crippen molar-refractivity contribution in [3.8, 4) is 0 Å². The number of alkyl halides is 1. The van der Waals surface area contributed by atoms with Gasteiger partial charge in [0, 0.05) is 30.2 Å². The van der Waals surface area contributed by atoms with Crippen LogP contribution in [0, 0.1) is 0 Å². The van der Waals surface area contributed by atoms with E-state index in [1.54, 1.807) is 11.0 Å². The molecule has 0 aliphatic carbocycles. The number of halogens is 1. The van der Waals surface area contributed by atoms with Gasteiger partial charge in [-0.2, -0.15) is 0 Å². The van der Waals surface area contributed by atoms with E-state index in [1.165, 1.54) is 0 Å². The van der Waals surface area contributed by atoms with Gasteiger partial charge in [0.15, 0.2) is 0 Å². The summed E-state index contributed by atoms with van der Waals surface area (Å²) in [5, 5.41) is 15.1. The molecule has 2 unspecified atom stereocenters. The highest BCUT2D eigenvalue weighted by Crippen LogP contribution is 2.29. The topological polar surface area (TPSA) is 81.7 Å². The molecule has 2 amide bonds. The lowest BCUT2D eigenvalue weighted by molar-refractivity contribution is -0.132. The molecule has 1 aromatic carbocycles. The number of carbonyl (C=O) groups excluding carboxylic acids is 2. The third-order valence-electron chi connectivity index (χ3n) is 4.06. The largest absolute Gasteiger partial charge is 0.384 e. The van der Waals surface area contributed by atoms with Crippen LogP contribution in [-0.4, -0.2) is 46.5 Å². The van der Waals surface area contributed by atoms with Gasteiger partial charge >= 0.3 is 0 Å². The minimum absolute atomic E-state index is 0.129. The Bertz CT molecular complexity index is 608. The molecular weight excluding hydrogens is 306 g/mol. The number of nitrogens with zero attached hydrogens (tertiary/aromatic N) is 1. The summed E-state index contributed by atoms with van der Waals surface area (Å²) in [6, 6.07) is 5.04. The van der Waals surface area contributed by atoms with Crippen molar-refractivity contribution in [2.75, 3.05) is 17.7 Å². The summed E-state index contributed by atoms with van der Waals surface area (Å²) in [5.41, 5.74) is 2.46. The maximum Gasteiger partial charge on any atom is 0.255 e. The zero-order chi connectivity index (χ0) is 15.7. The average Bonchev–Trinajstić information content (AvgIpc) is 2.82. The SMILES string of the molecule is O=C1NC(O)CCC1N1Cc2cc(NCCCl)ccc2C1=O. The van der Waals surface area contributed by atoms with Gasteiger partial charge in [-0.25, -0.2) is 0 Å². The number of aliphatic hydroxyl groups excluding tert-OH is 1. The fraction of sp³-hybridized carbons (Fsp3) is 0.467. The van der Waals surface area contributed by atoms with E-state index in [0.717, 1.165) is 11.3 Å². The van der Waals surface area contributed by atoms with Gasteiger partial charge < -0.3 is 20.6 Å². The van der Waals surface area contributed by atoms with Crippen LogP contribution in [0.2, 0.25) is 0 Å². The third-order valence-corrected chi connectivity index (χ3v) is 4.25. The number of amides is 2. The minimum atomic E-state index is -0.810. The Morgan fingerprint density at radius 3 is 2.91 bits per heavy atom. The summed E-state index contributed by atoms with van der Waals surface area (Å²) in [6.45, 7) is 1.07. The summed E-state index contributed by atoms with van der Waals surface area (Å²) < 4.78 is 0. The Morgan fingerprint density at radius 2 is 2.18 bits per heavy atom. The first-order valence-electron chi connectivity index (χ1n) is 7.32. The first-order valence-corrected chi connectivity index (χ1v) is 7.86. The molecule has 2 aliphatic rings. The Hall–Kier alpha value is -1.79. The van der Waals surface area contributed by atoms with Crippen LogP contribution in [0.1, 0.15) is 28.8 Å². The molecular formula is C15H18ClN3O3. The summed E-state index contributed by atoms with van der Waals surface area (Å²) in [6.07, 6.45) is 0.124. The van der Waals surface area contributed by atoms with Crippen LogP contribution in [0.5, 0.6) is 0 Å². The fourth-order valence-electron chi connectivity index (χ4n) is 2.97. The molecule has 6 nitrogen and oxygen atoms in total. The Kier molecular flexibility index (Phi) is 4.22. The molecule has 22 heavy (non-hydrogen) atoms. The number of aliphatic hydroxyl groups is 1. The molecule has 2 heterocycles. The van der Waals surface area contributed by atoms with Crippen LogP contribution in [0.4, 0.5) is 5.69 Å². The lowest BCUT2D eigenvalue weighted by atomic mass is 10.0. The van der Waals surface area contributed by atoms with E-state index in [-0.39, 0.29) is 11.8 Å². The van der Waals surface area contributed by atoms with Crippen molar-refractivity contribution in [2.45, 2.75) is 31.7 Å². The summed E-state index contributed by atoms with van der Waals surface area (Å²) in [5.74, 6) is 0.0861. The van der Waals surface area contributed by atoms with Crippen molar-refractivity contribution in [3.05, 3.63) is 29.3 Å². The third kappa shape index (κ3) is 2.76. The highest BCUT2D eigenvalue weighted by molar-refractivity contribution is 6.18. The molecule has 0 radical (unpaired) electrons. The molecule has 0 bridgehead atoms. The zero-order valence-electron chi connectivity index (χ0n) is 12.0. The molecule has 3 N–H and O–H groups in total. The van der Waals surface area contributed by atoms with Gasteiger partial charge in [0.25, 0.3) is 5.91 Å². The van der Waals surface area contributed by atoms with E-state index in [2.05, 4.69) is 10.6 Å². The number of fused-ring (bicyclic) bond motifs is 1. The minimum Gasteiger partial charge on any atom is -0.384 e. The molecule has 1 fully saturated rings. The second-order valence-corrected chi connectivity index (χ2v) is 5.92. The molecule has 3 rings (SSSR count). The molecule has 7 heteroatoms. The van der Waals surface area contributed by atoms with Crippen LogP contribution in [0.3, 0.4) is 0 Å². The fourth-order valence-corrected chi connectivity index (χ4v) is 3.07. The molecule has 0 saturated carbocycles. The second kappa shape index (κ2) is 6.14. The molecule has 1 saturated heterocycles. The van der Waals surface area contributed by atoms with Gasteiger partial charge in [-0.15, -0.1) is 11.6 Å². The van der Waals surface area contributed by atoms with Crippen molar-refractivity contribution >= 4 is 29.1 Å². The lowest BCUT2D eigenvalue weighted by Crippen LogP contribution is -2.54. The normalized spacial score (nSPS) is 24.2. The highest BCUT2D eigenvalue weighted by atomic mass is 35.5. The Balaban J connectivity index is 1.77. The van der Waals surface area contributed by atoms with Gasteiger partial charge in [-0.05, 0) is 36.6 Å². The van der Waals surface area contributed by atoms with Crippen LogP contribution < -0.4 is 10.6 Å². The average molecular weight is 324 g/mol. The van der Waals surface area contributed by atoms with E-state index in [1.807, 2.05) is 12.1 Å². The van der Waals surface area contributed by atoms with Gasteiger partial charge in [0.2, 0.25) is 5.91 Å². The maximum absolute atomic E-state index is 12.5. The van der Waals surface area contributed by atoms with Crippen molar-refractivity contribution in [1.82, 2.24) is 10.2 Å². The Labute approximate surface area is 133 Å². The molecule has 2 aliphatic heterocycles. The predicted molar refractivity (Wildman–Crippen MR) is 82.7 cm³/mol. The number of carbonyl (C=O) groups is 2. The predicted octanol–water partition coefficient (Wildman–Crippen LogP) is 0.890. The lowest BCUT2D eigenvalue weighted by Gasteiger charge is -2.32. The standard InChI is InChI=1S/C15H18ClN3O3/c16-5-6-17-10-1-2-11-9(7-10)8-19(15(11)22)12-3-4-13(20)18-14(12)21/h1-2,7,12-13,17,20H,3-6,8H2,(H,18,21). The van der Waals surface area contributed by atoms with E-state index < -0.39 is 12.3 Å². The number of rotatable bonds is 4. The number of hydrogen-bond donors (Lipinski definition) is 3. The Morgan fingerprint density at radius 1 is 1.36 bits per heavy atom. The van der Waals surface area contributed by atoms with E-state index >= 15 is 0 Å². The molecule has 0 aromatic heterocycles. The smallest absolute Gasteiger partial charge is 0.255 e. The zero-order valence-corrected chi connectivity index (χ0v) is 12.8. The van der Waals surface area contributed by atoms with Gasteiger partial charge in [-0.1, -0.05) is 0 Å². The number of benzene rings is 1. The first-order chi connectivity index (χ1) is 10.6. The van der Waals surface area contributed by atoms with Crippen molar-refractivity contribution in [2.24, 2.45) is 0 Å². The number of anilines is 1. The second-order valence-electron chi connectivity index (χ2n) is 5.54. The van der Waals surface area contributed by atoms with E-state index in [4.69, 9.17) is 11.6 Å². The van der Waals surface area contributed by atoms with Crippen molar-refractivity contribution in [1.29, 1.82) is 0 Å². The molecule has 1 aromatic rings. The van der Waals surface area contributed by atoms with Gasteiger partial charge in [0.05, 0.1) is 0 Å². The quantitative estimate of drug-likeness (QED) is 0.719. The van der Waals surface area contributed by atoms with E-state index in [9.17, 15) is 14.7 Å².